The Hall–Kier alpha value is -4.26. The van der Waals surface area contributed by atoms with Crippen molar-refractivity contribution < 1.29 is 48.0 Å². The molecule has 0 N–H and O–H groups in total. The number of hydrogen-bond acceptors (Lipinski definition) is 0. The van der Waals surface area contributed by atoms with Crippen LogP contribution in [-0.4, -0.2) is 0 Å². The average molecular weight is 749 g/mol. The van der Waals surface area contributed by atoms with E-state index in [1.54, 1.807) is 6.56 Å². The van der Waals surface area contributed by atoms with Gasteiger partial charge in [-0.3, -0.25) is 0 Å². The molecule has 0 aliphatic heterocycles. The number of hydrogen-bond donors (Lipinski definition) is 0. The predicted molar refractivity (Wildman–Crippen MR) is 195 cm³/mol. The Bertz CT molecular complexity index is 1990. The molecular weight excluding hydrogens is 715 g/mol. The molecule has 0 saturated heterocycles. The van der Waals surface area contributed by atoms with E-state index in [-0.39, 0.29) is 24.8 Å². The van der Waals surface area contributed by atoms with Gasteiger partial charge in [-0.05, 0) is 0 Å². The van der Waals surface area contributed by atoms with Gasteiger partial charge in [-0.1, -0.05) is 0 Å². The summed E-state index contributed by atoms with van der Waals surface area (Å²) in [4.78, 5) is 0. The summed E-state index contributed by atoms with van der Waals surface area (Å²) in [6.07, 6.45) is 1.89. The maximum atomic E-state index is 2.32. The molecule has 2 aliphatic carbocycles. The molecule has 0 nitrogen and oxygen atoms in total. The minimum absolute atomic E-state index is 0. The van der Waals surface area contributed by atoms with Gasteiger partial charge >= 0.3 is 291 Å². The summed E-state index contributed by atoms with van der Waals surface area (Å²) in [6, 6.07) is 66.8. The van der Waals surface area contributed by atoms with Gasteiger partial charge in [0.1, 0.15) is 0 Å². The van der Waals surface area contributed by atoms with Crippen LogP contribution in [0.25, 0.3) is 33.4 Å². The quantitative estimate of drug-likeness (QED) is 0.181. The standard InChI is InChI=1S/2C23H17.2ClH.Zr/c2*1-4-10-18(11-5-1)21-16-22(19-12-6-2-7-13-19)23(17-21)20-14-8-3-9-15-20;;;/h2*1-15H,16H2;2*1H;/q;;;;+2/p-2. The van der Waals surface area contributed by atoms with E-state index >= 15 is 0 Å². The molecule has 0 bridgehead atoms. The SMILES string of the molecule is [Cl-].[Cl-].c1ccc(C2=[C]([Zr+2][C]3=C(c4ccccc4)CC(c4ccccc4)=C3c3ccccc3)C(c3ccccc3)=C(c3ccccc3)C2)cc1. The number of benzene rings is 6. The first kappa shape index (κ1) is 34.6. The summed E-state index contributed by atoms with van der Waals surface area (Å²) in [5.41, 5.74) is 16.7. The Morgan fingerprint density at radius 1 is 0.265 bits per heavy atom. The molecule has 0 heterocycles. The Balaban J connectivity index is 0.00000208. The van der Waals surface area contributed by atoms with Crippen molar-refractivity contribution in [1.29, 1.82) is 0 Å². The molecule has 3 heteroatoms. The third-order valence-corrected chi connectivity index (χ3v) is 13.2. The Labute approximate surface area is 314 Å². The van der Waals surface area contributed by atoms with Crippen LogP contribution in [0.2, 0.25) is 0 Å². The van der Waals surface area contributed by atoms with Crippen LogP contribution in [0.1, 0.15) is 46.2 Å². The molecule has 0 unspecified atom stereocenters. The van der Waals surface area contributed by atoms with Gasteiger partial charge in [0.2, 0.25) is 0 Å². The predicted octanol–water partition coefficient (Wildman–Crippen LogP) is 5.93. The molecule has 2 aliphatic rings. The normalized spacial score (nSPS) is 14.0. The topological polar surface area (TPSA) is 0 Å². The van der Waals surface area contributed by atoms with Crippen LogP contribution in [0.15, 0.2) is 189 Å². The molecule has 0 radical (unpaired) electrons. The summed E-state index contributed by atoms with van der Waals surface area (Å²) in [7, 11) is 0. The summed E-state index contributed by atoms with van der Waals surface area (Å²) in [5.74, 6) is 0. The molecule has 0 saturated carbocycles. The number of halogens is 2. The van der Waals surface area contributed by atoms with Gasteiger partial charge in [-0.15, -0.1) is 0 Å². The molecule has 6 aromatic carbocycles. The monoisotopic (exact) mass is 746 g/mol. The van der Waals surface area contributed by atoms with Gasteiger partial charge in [0.15, 0.2) is 0 Å². The molecule has 0 amide bonds. The second kappa shape index (κ2) is 16.0. The first-order valence-electron chi connectivity index (χ1n) is 16.4. The van der Waals surface area contributed by atoms with Crippen LogP contribution in [0.3, 0.4) is 0 Å². The summed E-state index contributed by atoms with van der Waals surface area (Å²) in [6.45, 7) is 0. The van der Waals surface area contributed by atoms with Crippen molar-refractivity contribution in [3.05, 3.63) is 222 Å². The first-order valence-corrected chi connectivity index (χ1v) is 18.8. The molecular formula is C46H34Cl2Zr. The molecule has 0 fully saturated rings. The first-order chi connectivity index (χ1) is 23.3. The number of allylic oxidation sites excluding steroid dienone is 8. The van der Waals surface area contributed by atoms with Crippen LogP contribution in [-0.2, 0) is 23.2 Å². The molecule has 6 aromatic rings. The fourth-order valence-electron chi connectivity index (χ4n) is 7.10. The zero-order chi connectivity index (χ0) is 31.4. The van der Waals surface area contributed by atoms with Crippen molar-refractivity contribution in [2.24, 2.45) is 0 Å². The van der Waals surface area contributed by atoms with E-state index in [9.17, 15) is 0 Å². The van der Waals surface area contributed by atoms with E-state index < -0.39 is 23.2 Å². The van der Waals surface area contributed by atoms with E-state index in [0.29, 0.717) is 0 Å². The third-order valence-electron chi connectivity index (χ3n) is 9.28. The fraction of sp³-hybridized carbons (Fsp3) is 0.0435. The van der Waals surface area contributed by atoms with Gasteiger partial charge in [0.25, 0.3) is 0 Å². The van der Waals surface area contributed by atoms with Crippen LogP contribution >= 0.6 is 0 Å². The van der Waals surface area contributed by atoms with E-state index in [1.165, 1.54) is 66.8 Å². The van der Waals surface area contributed by atoms with Gasteiger partial charge in [0.05, 0.1) is 0 Å². The summed E-state index contributed by atoms with van der Waals surface area (Å²) < 4.78 is 3.19. The van der Waals surface area contributed by atoms with Crippen LogP contribution in [0.4, 0.5) is 0 Å². The van der Waals surface area contributed by atoms with Gasteiger partial charge in [-0.25, -0.2) is 0 Å². The van der Waals surface area contributed by atoms with E-state index in [2.05, 4.69) is 182 Å². The van der Waals surface area contributed by atoms with Crippen molar-refractivity contribution in [2.45, 2.75) is 12.8 Å². The average Bonchev–Trinajstić information content (AvgIpc) is 3.73. The zero-order valence-electron chi connectivity index (χ0n) is 27.0. The second-order valence-corrected chi connectivity index (χ2v) is 15.2. The van der Waals surface area contributed by atoms with Gasteiger partial charge in [-0.2, -0.15) is 0 Å². The maximum absolute atomic E-state index is 2.32. The molecule has 8 rings (SSSR count). The minimum atomic E-state index is -1.45. The van der Waals surface area contributed by atoms with Gasteiger partial charge < -0.3 is 24.8 Å². The van der Waals surface area contributed by atoms with E-state index in [4.69, 9.17) is 0 Å². The summed E-state index contributed by atoms with van der Waals surface area (Å²) >= 11 is -1.45. The Morgan fingerprint density at radius 3 is 0.755 bits per heavy atom. The van der Waals surface area contributed by atoms with Crippen molar-refractivity contribution in [3.8, 4) is 0 Å². The summed E-state index contributed by atoms with van der Waals surface area (Å²) in [5, 5.41) is 0. The molecule has 0 aromatic heterocycles. The van der Waals surface area contributed by atoms with Crippen LogP contribution in [0, 0.1) is 0 Å². The molecule has 0 spiro atoms. The van der Waals surface area contributed by atoms with Crippen molar-refractivity contribution in [3.63, 3.8) is 0 Å². The molecule has 236 valence electrons. The van der Waals surface area contributed by atoms with Crippen LogP contribution < -0.4 is 24.8 Å². The van der Waals surface area contributed by atoms with Crippen molar-refractivity contribution in [1.82, 2.24) is 0 Å². The Morgan fingerprint density at radius 2 is 0.490 bits per heavy atom. The Kier molecular flexibility index (Phi) is 11.3. The third kappa shape index (κ3) is 7.08. The molecule has 49 heavy (non-hydrogen) atoms. The second-order valence-electron chi connectivity index (χ2n) is 12.1. The van der Waals surface area contributed by atoms with Crippen molar-refractivity contribution in [2.75, 3.05) is 0 Å². The molecule has 0 atom stereocenters. The van der Waals surface area contributed by atoms with Crippen molar-refractivity contribution >= 4 is 33.4 Å². The van der Waals surface area contributed by atoms with Crippen LogP contribution in [0.5, 0.6) is 0 Å². The zero-order valence-corrected chi connectivity index (χ0v) is 31.0. The fourth-order valence-corrected chi connectivity index (χ4v) is 11.7. The van der Waals surface area contributed by atoms with Gasteiger partial charge in [0, 0.05) is 0 Å². The van der Waals surface area contributed by atoms with E-state index in [0.717, 1.165) is 12.8 Å². The van der Waals surface area contributed by atoms with E-state index in [1.807, 2.05) is 0 Å². The number of rotatable bonds is 8.